The molecule has 0 saturated carbocycles. The molecule has 0 spiro atoms. The number of rotatable bonds is 3. The lowest BCUT2D eigenvalue weighted by Gasteiger charge is -2.37. The summed E-state index contributed by atoms with van der Waals surface area (Å²) in [5.74, 6) is 0.260. The molecule has 2 amide bonds. The van der Waals surface area contributed by atoms with Crippen LogP contribution in [-0.4, -0.2) is 28.7 Å². The maximum Gasteiger partial charge on any atom is 0.236 e. The second-order valence-electron chi connectivity index (χ2n) is 7.42. The lowest BCUT2D eigenvalue weighted by atomic mass is 9.75. The van der Waals surface area contributed by atoms with Crippen LogP contribution < -0.4 is 4.74 Å². The number of carbonyl (C=O) groups is 2. The van der Waals surface area contributed by atoms with Gasteiger partial charge in [-0.2, -0.15) is 0 Å². The van der Waals surface area contributed by atoms with E-state index in [0.717, 1.165) is 33.5 Å². The number of H-pyrrole nitrogens is 1. The van der Waals surface area contributed by atoms with Crippen molar-refractivity contribution in [1.82, 2.24) is 9.88 Å². The van der Waals surface area contributed by atoms with E-state index >= 15 is 0 Å². The van der Waals surface area contributed by atoms with E-state index in [1.165, 1.54) is 4.90 Å². The lowest BCUT2D eigenvalue weighted by molar-refractivity contribution is -0.151. The highest BCUT2D eigenvalue weighted by Gasteiger charge is 2.45. The molecule has 1 aliphatic heterocycles. The van der Waals surface area contributed by atoms with Crippen molar-refractivity contribution in [2.24, 2.45) is 5.92 Å². The number of nitrogens with one attached hydrogen (secondary N) is 1. The van der Waals surface area contributed by atoms with E-state index < -0.39 is 0 Å². The van der Waals surface area contributed by atoms with Gasteiger partial charge in [0.15, 0.2) is 0 Å². The van der Waals surface area contributed by atoms with E-state index in [1.54, 1.807) is 7.05 Å². The quantitative estimate of drug-likeness (QED) is 0.728. The fourth-order valence-corrected chi connectivity index (χ4v) is 4.40. The molecule has 5 rings (SSSR count). The zero-order valence-corrected chi connectivity index (χ0v) is 15.1. The summed E-state index contributed by atoms with van der Waals surface area (Å²) < 4.78 is 5.97. The van der Waals surface area contributed by atoms with Crippen LogP contribution in [0.2, 0.25) is 0 Å². The monoisotopic (exact) mass is 360 g/mol. The van der Waals surface area contributed by atoms with Crippen molar-refractivity contribution in [2.75, 3.05) is 7.05 Å². The molecular weight excluding hydrogens is 340 g/mol. The number of likely N-dealkylation sites (tertiary alicyclic amines) is 1. The largest absolute Gasteiger partial charge is 0.489 e. The Morgan fingerprint density at radius 3 is 2.74 bits per heavy atom. The van der Waals surface area contributed by atoms with Crippen LogP contribution in [0.25, 0.3) is 10.9 Å². The number of amides is 2. The SMILES string of the molecule is CN1C(=O)C2Cc3[nH]c4ccc(OCc5ccccc5)cc4c3C(C2)C1=O. The van der Waals surface area contributed by atoms with Crippen molar-refractivity contribution < 1.29 is 14.3 Å². The Bertz CT molecular complexity index is 1050. The van der Waals surface area contributed by atoms with Crippen LogP contribution in [-0.2, 0) is 22.6 Å². The van der Waals surface area contributed by atoms with Crippen LogP contribution in [0.5, 0.6) is 5.75 Å². The van der Waals surface area contributed by atoms with Crippen LogP contribution in [0.3, 0.4) is 0 Å². The number of hydrogen-bond donors (Lipinski definition) is 1. The molecule has 3 aromatic rings. The summed E-state index contributed by atoms with van der Waals surface area (Å²) in [7, 11) is 1.60. The second kappa shape index (κ2) is 5.98. The fraction of sp³-hybridized carbons (Fsp3) is 0.273. The van der Waals surface area contributed by atoms with Gasteiger partial charge in [0, 0.05) is 29.6 Å². The highest BCUT2D eigenvalue weighted by molar-refractivity contribution is 6.05. The highest BCUT2D eigenvalue weighted by atomic mass is 16.5. The Hall–Kier alpha value is -3.08. The number of benzene rings is 2. The van der Waals surface area contributed by atoms with Crippen LogP contribution in [0, 0.1) is 5.92 Å². The number of carbonyl (C=O) groups excluding carboxylic acids is 2. The van der Waals surface area contributed by atoms with Crippen LogP contribution >= 0.6 is 0 Å². The molecule has 1 N–H and O–H groups in total. The van der Waals surface area contributed by atoms with Gasteiger partial charge in [-0.1, -0.05) is 30.3 Å². The molecule has 136 valence electrons. The number of aromatic nitrogens is 1. The van der Waals surface area contributed by atoms with Crippen molar-refractivity contribution in [3.63, 3.8) is 0 Å². The lowest BCUT2D eigenvalue weighted by Crippen LogP contribution is -2.49. The van der Waals surface area contributed by atoms with E-state index in [2.05, 4.69) is 4.98 Å². The minimum atomic E-state index is -0.250. The number of ether oxygens (including phenoxy) is 1. The molecular formula is C22H20N2O3. The summed E-state index contributed by atoms with van der Waals surface area (Å²) >= 11 is 0. The number of hydrogen-bond acceptors (Lipinski definition) is 3. The molecule has 2 heterocycles. The third-order valence-corrected chi connectivity index (χ3v) is 5.77. The number of aromatic amines is 1. The van der Waals surface area contributed by atoms with E-state index in [4.69, 9.17) is 4.74 Å². The first-order valence-corrected chi connectivity index (χ1v) is 9.24. The predicted octanol–water partition coefficient (Wildman–Crippen LogP) is 3.39. The van der Waals surface area contributed by atoms with Gasteiger partial charge in [-0.15, -0.1) is 0 Å². The molecule has 2 unspecified atom stereocenters. The Kier molecular flexibility index (Phi) is 3.57. The number of imide groups is 1. The normalized spacial score (nSPS) is 21.4. The van der Waals surface area contributed by atoms with Crippen molar-refractivity contribution >= 4 is 22.7 Å². The van der Waals surface area contributed by atoms with Crippen molar-refractivity contribution in [3.05, 3.63) is 65.4 Å². The van der Waals surface area contributed by atoms with E-state index in [-0.39, 0.29) is 23.7 Å². The minimum Gasteiger partial charge on any atom is -0.489 e. The van der Waals surface area contributed by atoms with Crippen LogP contribution in [0.4, 0.5) is 0 Å². The van der Waals surface area contributed by atoms with Crippen molar-refractivity contribution in [1.29, 1.82) is 0 Å². The van der Waals surface area contributed by atoms with Crippen LogP contribution in [0.1, 0.15) is 29.2 Å². The average Bonchev–Trinajstić information content (AvgIpc) is 3.07. The van der Waals surface area contributed by atoms with E-state index in [9.17, 15) is 9.59 Å². The molecule has 1 fully saturated rings. The summed E-state index contributed by atoms with van der Waals surface area (Å²) in [6.07, 6.45) is 1.27. The molecule has 0 radical (unpaired) electrons. The molecule has 27 heavy (non-hydrogen) atoms. The zero-order valence-electron chi connectivity index (χ0n) is 15.1. The van der Waals surface area contributed by atoms with E-state index in [1.807, 2.05) is 48.5 Å². The number of likely N-dealkylation sites (N-methyl/N-ethyl adjacent to an activating group) is 1. The highest BCUT2D eigenvalue weighted by Crippen LogP contribution is 2.44. The topological polar surface area (TPSA) is 62.4 Å². The third kappa shape index (κ3) is 2.53. The minimum absolute atomic E-state index is 0.0626. The van der Waals surface area contributed by atoms with E-state index in [0.29, 0.717) is 19.4 Å². The maximum atomic E-state index is 12.7. The van der Waals surface area contributed by atoms with Gasteiger partial charge in [0.05, 0.1) is 5.92 Å². The van der Waals surface area contributed by atoms with Gasteiger partial charge in [0.25, 0.3) is 0 Å². The van der Waals surface area contributed by atoms with Gasteiger partial charge in [0.1, 0.15) is 12.4 Å². The first kappa shape index (κ1) is 16.1. The standard InChI is InChI=1S/C22H20N2O3/c1-24-21(25)14-9-17(22(24)26)20-16-11-15(7-8-18(16)23-19(20)10-14)27-12-13-5-3-2-4-6-13/h2-8,11,14,17,23H,9-10,12H2,1H3. The zero-order chi connectivity index (χ0) is 18.5. The molecule has 5 nitrogen and oxygen atoms in total. The first-order valence-electron chi connectivity index (χ1n) is 9.24. The van der Waals surface area contributed by atoms with Gasteiger partial charge in [-0.05, 0) is 42.2 Å². The molecule has 2 bridgehead atoms. The van der Waals surface area contributed by atoms with Gasteiger partial charge < -0.3 is 9.72 Å². The summed E-state index contributed by atoms with van der Waals surface area (Å²) in [5.41, 5.74) is 4.15. The van der Waals surface area contributed by atoms with Gasteiger partial charge in [-0.3, -0.25) is 14.5 Å². The predicted molar refractivity (Wildman–Crippen MR) is 101 cm³/mol. The summed E-state index contributed by atoms with van der Waals surface area (Å²) in [6.45, 7) is 0.501. The number of piperidine rings is 1. The molecule has 1 saturated heterocycles. The summed E-state index contributed by atoms with van der Waals surface area (Å²) in [5, 5.41) is 1.02. The Balaban J connectivity index is 1.51. The maximum absolute atomic E-state index is 12.7. The average molecular weight is 360 g/mol. The molecule has 2 aliphatic rings. The fourth-order valence-electron chi connectivity index (χ4n) is 4.40. The number of fused-ring (bicyclic) bond motifs is 6. The van der Waals surface area contributed by atoms with Crippen molar-refractivity contribution in [3.8, 4) is 5.75 Å². The first-order chi connectivity index (χ1) is 13.1. The summed E-state index contributed by atoms with van der Waals surface area (Å²) in [6, 6.07) is 16.0. The molecule has 1 aromatic heterocycles. The Labute approximate surface area is 156 Å². The smallest absolute Gasteiger partial charge is 0.236 e. The molecule has 2 aromatic carbocycles. The van der Waals surface area contributed by atoms with Gasteiger partial charge in [-0.25, -0.2) is 0 Å². The second-order valence-corrected chi connectivity index (χ2v) is 7.42. The molecule has 2 atom stereocenters. The van der Waals surface area contributed by atoms with Gasteiger partial charge in [0.2, 0.25) is 11.8 Å². The van der Waals surface area contributed by atoms with Crippen LogP contribution in [0.15, 0.2) is 48.5 Å². The van der Waals surface area contributed by atoms with Gasteiger partial charge >= 0.3 is 0 Å². The third-order valence-electron chi connectivity index (χ3n) is 5.77. The van der Waals surface area contributed by atoms with Crippen molar-refractivity contribution in [2.45, 2.75) is 25.4 Å². The Morgan fingerprint density at radius 1 is 1.11 bits per heavy atom. The summed E-state index contributed by atoms with van der Waals surface area (Å²) in [4.78, 5) is 29.7. The Morgan fingerprint density at radius 2 is 1.93 bits per heavy atom. The number of nitrogens with zero attached hydrogens (tertiary/aromatic N) is 1. The molecule has 5 heteroatoms. The molecule has 1 aliphatic carbocycles.